The van der Waals surface area contributed by atoms with Gasteiger partial charge in [-0.2, -0.15) is 0 Å². The lowest BCUT2D eigenvalue weighted by Crippen LogP contribution is -2.29. The van der Waals surface area contributed by atoms with Crippen LogP contribution in [0.25, 0.3) is 0 Å². The quantitative estimate of drug-likeness (QED) is 0.932. The molecule has 0 amide bonds. The predicted molar refractivity (Wildman–Crippen MR) is 74.7 cm³/mol. The van der Waals surface area contributed by atoms with Crippen LogP contribution in [0.2, 0.25) is 0 Å². The molecule has 0 saturated carbocycles. The maximum absolute atomic E-state index is 11.0. The summed E-state index contributed by atoms with van der Waals surface area (Å²) < 4.78 is 5.54. The molecule has 104 valence electrons. The third-order valence-electron chi connectivity index (χ3n) is 3.79. The largest absolute Gasteiger partial charge is 0.478 e. The Balaban J connectivity index is 1.74. The van der Waals surface area contributed by atoms with Crippen LogP contribution in [0, 0.1) is 6.92 Å². The summed E-state index contributed by atoms with van der Waals surface area (Å²) in [6.45, 7) is 4.21. The Kier molecular flexibility index (Phi) is 3.32. The molecule has 4 nitrogen and oxygen atoms in total. The van der Waals surface area contributed by atoms with Crippen molar-refractivity contribution < 1.29 is 14.3 Å². The van der Waals surface area contributed by atoms with Crippen molar-refractivity contribution in [2.24, 2.45) is 0 Å². The number of carbonyl (C=O) groups is 1. The molecule has 2 aromatic rings. The van der Waals surface area contributed by atoms with Gasteiger partial charge in [-0.25, -0.2) is 4.79 Å². The number of aryl methyl sites for hydroxylation is 1. The fourth-order valence-electron chi connectivity index (χ4n) is 2.74. The van der Waals surface area contributed by atoms with E-state index in [1.54, 1.807) is 13.0 Å². The van der Waals surface area contributed by atoms with Crippen LogP contribution >= 0.6 is 0 Å². The molecule has 1 N–H and O–H groups in total. The van der Waals surface area contributed by atoms with Gasteiger partial charge in [-0.15, -0.1) is 0 Å². The van der Waals surface area contributed by atoms with Gasteiger partial charge in [0.05, 0.1) is 6.54 Å². The molecule has 20 heavy (non-hydrogen) atoms. The van der Waals surface area contributed by atoms with E-state index in [4.69, 9.17) is 9.52 Å². The monoisotopic (exact) mass is 271 g/mol. The molecule has 0 bridgehead atoms. The number of nitrogens with zero attached hydrogens (tertiary/aromatic N) is 1. The van der Waals surface area contributed by atoms with Crippen LogP contribution in [0.4, 0.5) is 0 Å². The van der Waals surface area contributed by atoms with Crippen molar-refractivity contribution in [1.29, 1.82) is 0 Å². The predicted octanol–water partition coefficient (Wildman–Crippen LogP) is 2.84. The molecule has 2 heterocycles. The second-order valence-electron chi connectivity index (χ2n) is 5.22. The minimum Gasteiger partial charge on any atom is -0.478 e. The molecule has 1 aliphatic heterocycles. The Morgan fingerprint density at radius 2 is 2.10 bits per heavy atom. The molecule has 3 rings (SSSR count). The maximum Gasteiger partial charge on any atom is 0.339 e. The van der Waals surface area contributed by atoms with Crippen LogP contribution in [0.15, 0.2) is 34.7 Å². The Bertz CT molecular complexity index is 645. The van der Waals surface area contributed by atoms with E-state index in [1.165, 1.54) is 11.1 Å². The number of carboxylic acids is 1. The molecule has 4 heteroatoms. The molecule has 0 spiro atoms. The summed E-state index contributed by atoms with van der Waals surface area (Å²) in [5.74, 6) is 0.269. The number of fused-ring (bicyclic) bond motifs is 1. The fourth-order valence-corrected chi connectivity index (χ4v) is 2.74. The van der Waals surface area contributed by atoms with Crippen molar-refractivity contribution in [1.82, 2.24) is 4.90 Å². The Morgan fingerprint density at radius 1 is 1.35 bits per heavy atom. The van der Waals surface area contributed by atoms with E-state index in [9.17, 15) is 4.79 Å². The minimum absolute atomic E-state index is 0.261. The molecule has 1 aromatic carbocycles. The molecule has 0 radical (unpaired) electrons. The van der Waals surface area contributed by atoms with Gasteiger partial charge in [0, 0.05) is 13.1 Å². The van der Waals surface area contributed by atoms with Gasteiger partial charge >= 0.3 is 5.97 Å². The van der Waals surface area contributed by atoms with Gasteiger partial charge in [-0.05, 0) is 30.5 Å². The summed E-state index contributed by atoms with van der Waals surface area (Å²) in [6, 6.07) is 10.1. The van der Waals surface area contributed by atoms with Gasteiger partial charge in [0.1, 0.15) is 17.1 Å². The molecule has 0 saturated heterocycles. The molecule has 0 aliphatic carbocycles. The highest BCUT2D eigenvalue weighted by Crippen LogP contribution is 2.22. The summed E-state index contributed by atoms with van der Waals surface area (Å²) >= 11 is 0. The number of hydrogen-bond donors (Lipinski definition) is 1. The van der Waals surface area contributed by atoms with Crippen molar-refractivity contribution in [3.63, 3.8) is 0 Å². The fraction of sp³-hybridized carbons (Fsp3) is 0.312. The zero-order chi connectivity index (χ0) is 14.1. The lowest BCUT2D eigenvalue weighted by Gasteiger charge is -2.27. The van der Waals surface area contributed by atoms with E-state index < -0.39 is 5.97 Å². The zero-order valence-corrected chi connectivity index (χ0v) is 11.4. The first kappa shape index (κ1) is 12.9. The van der Waals surface area contributed by atoms with Gasteiger partial charge in [0.2, 0.25) is 0 Å². The summed E-state index contributed by atoms with van der Waals surface area (Å²) in [5.41, 5.74) is 3.02. The highest BCUT2D eigenvalue weighted by Gasteiger charge is 2.19. The van der Waals surface area contributed by atoms with Crippen molar-refractivity contribution >= 4 is 5.97 Å². The van der Waals surface area contributed by atoms with Crippen LogP contribution < -0.4 is 0 Å². The third-order valence-corrected chi connectivity index (χ3v) is 3.79. The molecule has 1 aromatic heterocycles. The number of rotatable bonds is 3. The van der Waals surface area contributed by atoms with Gasteiger partial charge in [-0.3, -0.25) is 4.90 Å². The molecular formula is C16H17NO3. The van der Waals surface area contributed by atoms with E-state index in [0.29, 0.717) is 12.3 Å². The zero-order valence-electron chi connectivity index (χ0n) is 11.4. The maximum atomic E-state index is 11.0. The number of furan rings is 1. The Hall–Kier alpha value is -2.07. The van der Waals surface area contributed by atoms with Crippen LogP contribution in [-0.4, -0.2) is 22.5 Å². The first-order valence-electron chi connectivity index (χ1n) is 6.75. The van der Waals surface area contributed by atoms with E-state index in [0.717, 1.165) is 25.3 Å². The Labute approximate surface area is 117 Å². The number of aromatic carboxylic acids is 1. The van der Waals surface area contributed by atoms with Crippen LogP contribution in [0.1, 0.15) is 33.0 Å². The first-order valence-corrected chi connectivity index (χ1v) is 6.75. The smallest absolute Gasteiger partial charge is 0.339 e. The van der Waals surface area contributed by atoms with Gasteiger partial charge in [-0.1, -0.05) is 24.3 Å². The normalized spacial score (nSPS) is 15.1. The second kappa shape index (κ2) is 5.13. The Morgan fingerprint density at radius 3 is 2.80 bits per heavy atom. The molecule has 1 aliphatic rings. The van der Waals surface area contributed by atoms with Gasteiger partial charge in [0.25, 0.3) is 0 Å². The SMILES string of the molecule is Cc1oc(CN2CCc3ccccc3C2)cc1C(=O)O. The summed E-state index contributed by atoms with van der Waals surface area (Å²) in [4.78, 5) is 13.3. The second-order valence-corrected chi connectivity index (χ2v) is 5.22. The van der Waals surface area contributed by atoms with Crippen LogP contribution in [-0.2, 0) is 19.5 Å². The number of benzene rings is 1. The van der Waals surface area contributed by atoms with Gasteiger partial charge in [0.15, 0.2) is 0 Å². The van der Waals surface area contributed by atoms with Crippen LogP contribution in [0.5, 0.6) is 0 Å². The number of carboxylic acid groups (broad SMARTS) is 1. The van der Waals surface area contributed by atoms with Crippen molar-refractivity contribution in [3.8, 4) is 0 Å². The molecular weight excluding hydrogens is 254 g/mol. The van der Waals surface area contributed by atoms with E-state index in [1.807, 2.05) is 0 Å². The minimum atomic E-state index is -0.929. The lowest BCUT2D eigenvalue weighted by molar-refractivity contribution is 0.0695. The average molecular weight is 271 g/mol. The highest BCUT2D eigenvalue weighted by atomic mass is 16.4. The third kappa shape index (κ3) is 2.47. The number of hydrogen-bond acceptors (Lipinski definition) is 3. The average Bonchev–Trinajstić information content (AvgIpc) is 2.79. The summed E-state index contributed by atoms with van der Waals surface area (Å²) in [7, 11) is 0. The van der Waals surface area contributed by atoms with Crippen molar-refractivity contribution in [2.45, 2.75) is 26.4 Å². The first-order chi connectivity index (χ1) is 9.63. The lowest BCUT2D eigenvalue weighted by atomic mass is 10.00. The van der Waals surface area contributed by atoms with Crippen molar-refractivity contribution in [2.75, 3.05) is 6.54 Å². The molecule has 0 fully saturated rings. The van der Waals surface area contributed by atoms with E-state index in [2.05, 4.69) is 29.2 Å². The van der Waals surface area contributed by atoms with Crippen LogP contribution in [0.3, 0.4) is 0 Å². The summed E-state index contributed by atoms with van der Waals surface area (Å²) in [6.07, 6.45) is 1.03. The van der Waals surface area contributed by atoms with E-state index >= 15 is 0 Å². The van der Waals surface area contributed by atoms with Gasteiger partial charge < -0.3 is 9.52 Å². The molecule has 0 atom stereocenters. The van der Waals surface area contributed by atoms with E-state index in [-0.39, 0.29) is 5.56 Å². The topological polar surface area (TPSA) is 53.7 Å². The molecule has 0 unspecified atom stereocenters. The highest BCUT2D eigenvalue weighted by molar-refractivity contribution is 5.88. The standard InChI is InChI=1S/C16H17NO3/c1-11-15(16(18)19)8-14(20-11)10-17-7-6-12-4-2-3-5-13(12)9-17/h2-5,8H,6-7,9-10H2,1H3,(H,18,19). The van der Waals surface area contributed by atoms with Crippen molar-refractivity contribution in [3.05, 3.63) is 58.5 Å². The summed E-state index contributed by atoms with van der Waals surface area (Å²) in [5, 5.41) is 9.04.